The minimum Gasteiger partial charge on any atom is -0.486 e. The zero-order valence-electron chi connectivity index (χ0n) is 18.8. The van der Waals surface area contributed by atoms with Crippen LogP contribution in [0, 0.1) is 18.6 Å². The van der Waals surface area contributed by atoms with E-state index < -0.39 is 17.5 Å². The molecular weight excluding hydrogens is 412 g/mol. The van der Waals surface area contributed by atoms with Crippen molar-refractivity contribution >= 4 is 11.6 Å². The first kappa shape index (κ1) is 23.5. The third-order valence-electron chi connectivity index (χ3n) is 5.16. The summed E-state index contributed by atoms with van der Waals surface area (Å²) in [5.74, 6) is -1.41. The number of ether oxygens (including phenoxy) is 1. The van der Waals surface area contributed by atoms with Crippen LogP contribution in [0.1, 0.15) is 29.3 Å². The SMILES string of the molecule is CC1=CC(NC(=O)c2cc(F)cc(F)c2NCCN(C)C)=CCC1Oc1ccc(C)cc1. The van der Waals surface area contributed by atoms with E-state index in [0.29, 0.717) is 25.2 Å². The summed E-state index contributed by atoms with van der Waals surface area (Å²) in [7, 11) is 3.77. The molecule has 1 unspecified atom stereocenters. The molecule has 2 aromatic carbocycles. The standard InChI is InChI=1S/C25H29F2N3O2/c1-16-5-8-20(9-6-16)32-23-10-7-19(13-17(23)2)29-25(31)21-14-18(26)15-22(27)24(21)28-11-12-30(3)4/h5-9,13-15,23,28H,10-12H2,1-4H3,(H,29,31). The number of amides is 1. The van der Waals surface area contributed by atoms with Gasteiger partial charge in [0.25, 0.3) is 5.91 Å². The molecule has 2 aromatic rings. The zero-order chi connectivity index (χ0) is 23.3. The van der Waals surface area contributed by atoms with Crippen molar-refractivity contribution in [3.63, 3.8) is 0 Å². The fourth-order valence-electron chi connectivity index (χ4n) is 3.36. The molecule has 1 atom stereocenters. The number of rotatable bonds is 8. The Morgan fingerprint density at radius 3 is 2.53 bits per heavy atom. The molecule has 0 aromatic heterocycles. The van der Waals surface area contributed by atoms with Crippen molar-refractivity contribution in [3.8, 4) is 5.75 Å². The number of halogens is 2. The molecule has 0 fully saturated rings. The Morgan fingerprint density at radius 2 is 1.88 bits per heavy atom. The van der Waals surface area contributed by atoms with Gasteiger partial charge in [-0.1, -0.05) is 23.8 Å². The molecule has 0 saturated carbocycles. The monoisotopic (exact) mass is 441 g/mol. The minimum absolute atomic E-state index is 0.0107. The lowest BCUT2D eigenvalue weighted by molar-refractivity contribution is 0.0966. The van der Waals surface area contributed by atoms with Gasteiger partial charge in [-0.25, -0.2) is 8.78 Å². The number of likely N-dealkylation sites (N-methyl/N-ethyl adjacent to an activating group) is 1. The average Bonchev–Trinajstić information content (AvgIpc) is 2.72. The highest BCUT2D eigenvalue weighted by molar-refractivity contribution is 6.00. The highest BCUT2D eigenvalue weighted by Gasteiger charge is 2.21. The summed E-state index contributed by atoms with van der Waals surface area (Å²) in [5.41, 5.74) is 2.58. The van der Waals surface area contributed by atoms with Crippen LogP contribution in [-0.4, -0.2) is 44.1 Å². The van der Waals surface area contributed by atoms with E-state index in [1.165, 1.54) is 0 Å². The number of nitrogens with zero attached hydrogens (tertiary/aromatic N) is 1. The van der Waals surface area contributed by atoms with Gasteiger partial charge in [-0.05, 0) is 57.8 Å². The Labute approximate surface area is 187 Å². The van der Waals surface area contributed by atoms with Crippen LogP contribution in [0.5, 0.6) is 5.75 Å². The van der Waals surface area contributed by atoms with Crippen LogP contribution in [-0.2, 0) is 0 Å². The lowest BCUT2D eigenvalue weighted by Gasteiger charge is -2.23. The van der Waals surface area contributed by atoms with Crippen LogP contribution in [0.3, 0.4) is 0 Å². The number of aryl methyl sites for hydroxylation is 1. The Hall–Kier alpha value is -3.19. The summed E-state index contributed by atoms with van der Waals surface area (Å²) in [5, 5.41) is 5.66. The maximum atomic E-state index is 14.4. The number of allylic oxidation sites excluding steroid dienone is 1. The summed E-state index contributed by atoms with van der Waals surface area (Å²) < 4.78 is 34.3. The molecule has 32 heavy (non-hydrogen) atoms. The molecular formula is C25H29F2N3O2. The van der Waals surface area contributed by atoms with E-state index in [2.05, 4.69) is 10.6 Å². The second-order valence-corrected chi connectivity index (χ2v) is 8.20. The molecule has 1 aliphatic rings. The van der Waals surface area contributed by atoms with Gasteiger partial charge in [0.1, 0.15) is 23.5 Å². The van der Waals surface area contributed by atoms with Crippen LogP contribution >= 0.6 is 0 Å². The Morgan fingerprint density at radius 1 is 1.16 bits per heavy atom. The Bertz CT molecular complexity index is 1030. The number of carbonyl (C=O) groups is 1. The van der Waals surface area contributed by atoms with Crippen molar-refractivity contribution in [1.29, 1.82) is 0 Å². The highest BCUT2D eigenvalue weighted by atomic mass is 19.1. The van der Waals surface area contributed by atoms with E-state index in [0.717, 1.165) is 29.0 Å². The first-order valence-corrected chi connectivity index (χ1v) is 10.5. The minimum atomic E-state index is -0.804. The van der Waals surface area contributed by atoms with E-state index in [9.17, 15) is 13.6 Å². The number of hydrogen-bond acceptors (Lipinski definition) is 4. The number of anilines is 1. The first-order chi connectivity index (χ1) is 15.2. The zero-order valence-corrected chi connectivity index (χ0v) is 18.8. The maximum absolute atomic E-state index is 14.4. The third-order valence-corrected chi connectivity index (χ3v) is 5.16. The number of nitrogens with one attached hydrogen (secondary N) is 2. The smallest absolute Gasteiger partial charge is 0.257 e. The third kappa shape index (κ3) is 6.17. The van der Waals surface area contributed by atoms with Crippen LogP contribution in [0.4, 0.5) is 14.5 Å². The van der Waals surface area contributed by atoms with Crippen molar-refractivity contribution in [3.05, 3.63) is 82.6 Å². The molecule has 3 rings (SSSR count). The highest BCUT2D eigenvalue weighted by Crippen LogP contribution is 2.25. The van der Waals surface area contributed by atoms with Gasteiger partial charge in [-0.3, -0.25) is 4.79 Å². The van der Waals surface area contributed by atoms with Gasteiger partial charge in [-0.2, -0.15) is 0 Å². The lowest BCUT2D eigenvalue weighted by atomic mass is 10.0. The average molecular weight is 442 g/mol. The molecule has 170 valence electrons. The van der Waals surface area contributed by atoms with Crippen molar-refractivity contribution in [2.45, 2.75) is 26.4 Å². The topological polar surface area (TPSA) is 53.6 Å². The fourth-order valence-corrected chi connectivity index (χ4v) is 3.36. The van der Waals surface area contributed by atoms with Crippen LogP contribution < -0.4 is 15.4 Å². The van der Waals surface area contributed by atoms with Gasteiger partial charge in [0.15, 0.2) is 0 Å². The maximum Gasteiger partial charge on any atom is 0.257 e. The van der Waals surface area contributed by atoms with Gasteiger partial charge in [-0.15, -0.1) is 0 Å². The predicted molar refractivity (Wildman–Crippen MR) is 123 cm³/mol. The van der Waals surface area contributed by atoms with Crippen LogP contribution in [0.25, 0.3) is 0 Å². The van der Waals surface area contributed by atoms with E-state index in [-0.39, 0.29) is 17.4 Å². The van der Waals surface area contributed by atoms with Crippen LogP contribution in [0.15, 0.2) is 59.8 Å². The predicted octanol–water partition coefficient (Wildman–Crippen LogP) is 4.66. The molecule has 0 spiro atoms. The molecule has 0 heterocycles. The van der Waals surface area contributed by atoms with Gasteiger partial charge in [0.2, 0.25) is 0 Å². The van der Waals surface area contributed by atoms with Gasteiger partial charge in [0, 0.05) is 31.3 Å². The summed E-state index contributed by atoms with van der Waals surface area (Å²) in [6.07, 6.45) is 4.08. The first-order valence-electron chi connectivity index (χ1n) is 10.5. The van der Waals surface area contributed by atoms with E-state index in [1.54, 1.807) is 0 Å². The fraction of sp³-hybridized carbons (Fsp3) is 0.320. The molecule has 0 saturated heterocycles. The molecule has 5 nitrogen and oxygen atoms in total. The van der Waals surface area contributed by atoms with Crippen molar-refractivity contribution in [2.75, 3.05) is 32.5 Å². The molecule has 7 heteroatoms. The largest absolute Gasteiger partial charge is 0.486 e. The summed E-state index contributed by atoms with van der Waals surface area (Å²) in [6.45, 7) is 4.98. The number of hydrogen-bond donors (Lipinski definition) is 2. The van der Waals surface area contributed by atoms with Gasteiger partial charge < -0.3 is 20.3 Å². The molecule has 0 aliphatic heterocycles. The van der Waals surface area contributed by atoms with E-state index >= 15 is 0 Å². The van der Waals surface area contributed by atoms with Gasteiger partial charge in [0.05, 0.1) is 11.3 Å². The van der Waals surface area contributed by atoms with Crippen molar-refractivity contribution in [1.82, 2.24) is 10.2 Å². The quantitative estimate of drug-likeness (QED) is 0.626. The van der Waals surface area contributed by atoms with Crippen molar-refractivity contribution in [2.24, 2.45) is 0 Å². The van der Waals surface area contributed by atoms with Gasteiger partial charge >= 0.3 is 0 Å². The van der Waals surface area contributed by atoms with E-state index in [4.69, 9.17) is 4.74 Å². The molecule has 1 amide bonds. The summed E-state index contributed by atoms with van der Waals surface area (Å²) in [4.78, 5) is 14.8. The summed E-state index contributed by atoms with van der Waals surface area (Å²) >= 11 is 0. The molecule has 0 radical (unpaired) electrons. The Kier molecular flexibility index (Phi) is 7.64. The lowest BCUT2D eigenvalue weighted by Crippen LogP contribution is -2.28. The Balaban J connectivity index is 1.69. The van der Waals surface area contributed by atoms with E-state index in [1.807, 2.05) is 69.3 Å². The number of carbonyl (C=O) groups excluding carboxylic acids is 1. The molecule has 0 bridgehead atoms. The van der Waals surface area contributed by atoms with Crippen LogP contribution in [0.2, 0.25) is 0 Å². The second-order valence-electron chi connectivity index (χ2n) is 8.20. The summed E-state index contributed by atoms with van der Waals surface area (Å²) in [6, 6.07) is 9.63. The second kappa shape index (κ2) is 10.4. The molecule has 2 N–H and O–H groups in total. The normalized spacial score (nSPS) is 15.8. The molecule has 1 aliphatic carbocycles. The van der Waals surface area contributed by atoms with Crippen molar-refractivity contribution < 1.29 is 18.3 Å². The number of benzene rings is 2.